The van der Waals surface area contributed by atoms with E-state index < -0.39 is 0 Å². The van der Waals surface area contributed by atoms with Crippen LogP contribution in [-0.2, 0) is 0 Å². The Kier molecular flexibility index (Phi) is 2.72. The van der Waals surface area contributed by atoms with Crippen molar-refractivity contribution in [3.8, 4) is 0 Å². The summed E-state index contributed by atoms with van der Waals surface area (Å²) < 4.78 is 0. The molecule has 2 unspecified atom stereocenters. The molecule has 4 rings (SSSR count). The highest BCUT2D eigenvalue weighted by Crippen LogP contribution is 2.43. The van der Waals surface area contributed by atoms with Crippen molar-refractivity contribution in [2.45, 2.75) is 31.8 Å². The molecule has 19 heavy (non-hydrogen) atoms. The topological polar surface area (TPSA) is 31.9 Å². The van der Waals surface area contributed by atoms with Crippen LogP contribution in [0.4, 0.5) is 5.69 Å². The Hall–Kier alpha value is -1.16. The van der Waals surface area contributed by atoms with Gasteiger partial charge in [0.15, 0.2) is 0 Å². The fourth-order valence-corrected chi connectivity index (χ4v) is 4.24. The van der Waals surface area contributed by atoms with Crippen molar-refractivity contribution < 1.29 is 0 Å². The number of benzene rings is 1. The van der Waals surface area contributed by atoms with Gasteiger partial charge in [-0.25, -0.2) is 4.98 Å². The van der Waals surface area contributed by atoms with Crippen molar-refractivity contribution in [2.24, 2.45) is 5.92 Å². The van der Waals surface area contributed by atoms with Crippen molar-refractivity contribution in [2.75, 3.05) is 10.7 Å². The molecule has 1 aliphatic heterocycles. The molecular formula is C15H18N3S. The third kappa shape index (κ3) is 2.02. The number of anilines is 1. The molecule has 1 saturated heterocycles. The molecule has 1 aromatic carbocycles. The predicted molar refractivity (Wildman–Crippen MR) is 81.3 cm³/mol. The molecule has 1 radical (unpaired) electrons. The number of hydrogen-bond acceptors (Lipinski definition) is 3. The van der Waals surface area contributed by atoms with E-state index in [-0.39, 0.29) is 0 Å². The average Bonchev–Trinajstić information content (AvgIpc) is 3.16. The van der Waals surface area contributed by atoms with E-state index in [0.29, 0.717) is 12.1 Å². The normalized spacial score (nSPS) is 27.9. The lowest BCUT2D eigenvalue weighted by molar-refractivity contribution is 0.540. The predicted octanol–water partition coefficient (Wildman–Crippen LogP) is 3.44. The van der Waals surface area contributed by atoms with Crippen LogP contribution in [-0.4, -0.2) is 27.8 Å². The fourth-order valence-electron chi connectivity index (χ4n) is 3.09. The Morgan fingerprint density at radius 3 is 3.11 bits per heavy atom. The second kappa shape index (κ2) is 4.44. The SMILES string of the molecule is CC1[CH]SCC(C2CC2)N1c1ccc2[nH]cnc2c1. The highest BCUT2D eigenvalue weighted by Gasteiger charge is 2.39. The molecule has 2 fully saturated rings. The average molecular weight is 272 g/mol. The minimum absolute atomic E-state index is 0.501. The molecule has 1 aliphatic carbocycles. The molecule has 3 nitrogen and oxygen atoms in total. The molecule has 1 aromatic heterocycles. The third-order valence-electron chi connectivity index (χ3n) is 4.23. The number of fused-ring (bicyclic) bond motifs is 1. The van der Waals surface area contributed by atoms with Gasteiger partial charge in [0.05, 0.1) is 17.4 Å². The van der Waals surface area contributed by atoms with Crippen molar-refractivity contribution in [1.82, 2.24) is 9.97 Å². The minimum Gasteiger partial charge on any atom is -0.364 e. The fraction of sp³-hybridized carbons (Fsp3) is 0.467. The van der Waals surface area contributed by atoms with Crippen molar-refractivity contribution in [1.29, 1.82) is 0 Å². The second-order valence-electron chi connectivity index (χ2n) is 5.63. The first-order valence-corrected chi connectivity index (χ1v) is 8.04. The van der Waals surface area contributed by atoms with E-state index in [9.17, 15) is 0 Å². The Balaban J connectivity index is 1.73. The van der Waals surface area contributed by atoms with Crippen LogP contribution in [0.5, 0.6) is 0 Å². The van der Waals surface area contributed by atoms with Crippen LogP contribution in [0.3, 0.4) is 0 Å². The first kappa shape index (κ1) is 11.6. The first-order valence-electron chi connectivity index (χ1n) is 6.99. The largest absolute Gasteiger partial charge is 0.364 e. The van der Waals surface area contributed by atoms with Crippen molar-refractivity contribution in [3.63, 3.8) is 0 Å². The van der Waals surface area contributed by atoms with Gasteiger partial charge in [0.25, 0.3) is 0 Å². The summed E-state index contributed by atoms with van der Waals surface area (Å²) in [5.74, 6) is 4.50. The number of aromatic amines is 1. The van der Waals surface area contributed by atoms with E-state index >= 15 is 0 Å². The lowest BCUT2D eigenvalue weighted by Crippen LogP contribution is -2.47. The van der Waals surface area contributed by atoms with Crippen LogP contribution >= 0.6 is 11.8 Å². The molecule has 4 heteroatoms. The van der Waals surface area contributed by atoms with E-state index in [0.717, 1.165) is 17.0 Å². The number of nitrogens with zero attached hydrogens (tertiary/aromatic N) is 2. The summed E-state index contributed by atoms with van der Waals surface area (Å²) in [6, 6.07) is 7.80. The molecule has 1 N–H and O–H groups in total. The molecule has 0 spiro atoms. The standard InChI is InChI=1S/C15H18N3S/c1-10-7-19-8-15(11-2-3-11)18(10)12-4-5-13-14(6-12)17-9-16-13/h4-7,9-11,15H,2-3,8H2,1H3,(H,16,17). The highest BCUT2D eigenvalue weighted by molar-refractivity contribution is 8.01. The van der Waals surface area contributed by atoms with E-state index in [4.69, 9.17) is 0 Å². The quantitative estimate of drug-likeness (QED) is 0.908. The van der Waals surface area contributed by atoms with Gasteiger partial charge in [0, 0.05) is 29.3 Å². The molecule has 0 bridgehead atoms. The third-order valence-corrected chi connectivity index (χ3v) is 5.35. The number of imidazole rings is 1. The van der Waals surface area contributed by atoms with E-state index in [2.05, 4.69) is 45.7 Å². The van der Waals surface area contributed by atoms with Gasteiger partial charge >= 0.3 is 0 Å². The van der Waals surface area contributed by atoms with Crippen LogP contribution in [0, 0.1) is 11.7 Å². The van der Waals surface area contributed by atoms with Crippen molar-refractivity contribution in [3.05, 3.63) is 30.3 Å². The van der Waals surface area contributed by atoms with Crippen LogP contribution in [0.1, 0.15) is 19.8 Å². The van der Waals surface area contributed by atoms with Gasteiger partial charge in [-0.15, -0.1) is 0 Å². The summed E-state index contributed by atoms with van der Waals surface area (Å²) in [5, 5.41) is 0. The lowest BCUT2D eigenvalue weighted by Gasteiger charge is -2.42. The minimum atomic E-state index is 0.501. The smallest absolute Gasteiger partial charge is 0.0931 e. The summed E-state index contributed by atoms with van der Waals surface area (Å²) in [7, 11) is 0. The summed E-state index contributed by atoms with van der Waals surface area (Å²) in [6.45, 7) is 2.30. The van der Waals surface area contributed by atoms with E-state index in [1.54, 1.807) is 6.33 Å². The lowest BCUT2D eigenvalue weighted by atomic mass is 10.1. The number of aromatic nitrogens is 2. The summed E-state index contributed by atoms with van der Waals surface area (Å²) in [4.78, 5) is 10.2. The monoisotopic (exact) mass is 272 g/mol. The van der Waals surface area contributed by atoms with Crippen molar-refractivity contribution >= 4 is 28.5 Å². The summed E-state index contributed by atoms with van der Waals surface area (Å²) in [5.41, 5.74) is 3.51. The second-order valence-corrected chi connectivity index (χ2v) is 6.56. The number of hydrogen-bond donors (Lipinski definition) is 1. The van der Waals surface area contributed by atoms with Crippen LogP contribution in [0.15, 0.2) is 24.5 Å². The summed E-state index contributed by atoms with van der Waals surface area (Å²) in [6.07, 6.45) is 4.58. The van der Waals surface area contributed by atoms with Crippen LogP contribution < -0.4 is 4.90 Å². The maximum absolute atomic E-state index is 4.39. The molecule has 2 heterocycles. The number of nitrogens with one attached hydrogen (secondary N) is 1. The first-order chi connectivity index (χ1) is 9.33. The van der Waals surface area contributed by atoms with E-state index in [1.165, 1.54) is 24.3 Å². The Morgan fingerprint density at radius 2 is 2.26 bits per heavy atom. The van der Waals surface area contributed by atoms with E-state index in [1.807, 2.05) is 11.8 Å². The number of H-pyrrole nitrogens is 1. The van der Waals surface area contributed by atoms with Gasteiger partial charge in [-0.1, -0.05) is 0 Å². The Bertz CT molecular complexity index is 590. The zero-order valence-electron chi connectivity index (χ0n) is 11.0. The molecule has 2 aliphatic rings. The van der Waals surface area contributed by atoms with Gasteiger partial charge in [-0.05, 0) is 43.9 Å². The van der Waals surface area contributed by atoms with Gasteiger partial charge in [-0.2, -0.15) is 11.8 Å². The van der Waals surface area contributed by atoms with Gasteiger partial charge < -0.3 is 9.88 Å². The van der Waals surface area contributed by atoms with Gasteiger partial charge in [0.1, 0.15) is 0 Å². The zero-order chi connectivity index (χ0) is 12.8. The van der Waals surface area contributed by atoms with Gasteiger partial charge in [0.2, 0.25) is 0 Å². The number of rotatable bonds is 2. The molecule has 1 saturated carbocycles. The highest BCUT2D eigenvalue weighted by atomic mass is 32.2. The molecule has 2 atom stereocenters. The maximum atomic E-state index is 4.39. The Morgan fingerprint density at radius 1 is 1.37 bits per heavy atom. The van der Waals surface area contributed by atoms with Crippen LogP contribution in [0.2, 0.25) is 0 Å². The van der Waals surface area contributed by atoms with Gasteiger partial charge in [-0.3, -0.25) is 0 Å². The summed E-state index contributed by atoms with van der Waals surface area (Å²) >= 11 is 1.99. The zero-order valence-corrected chi connectivity index (χ0v) is 11.9. The maximum Gasteiger partial charge on any atom is 0.0931 e. The number of thioether (sulfide) groups is 1. The molecule has 99 valence electrons. The molecule has 0 amide bonds. The Labute approximate surface area is 117 Å². The molecular weight excluding hydrogens is 254 g/mol. The molecule has 2 aromatic rings. The van der Waals surface area contributed by atoms with Crippen LogP contribution in [0.25, 0.3) is 11.0 Å².